The molecule has 0 unspecified atom stereocenters. The molecule has 1 aliphatic heterocycles. The van der Waals surface area contributed by atoms with Crippen molar-refractivity contribution in [3.05, 3.63) is 65.0 Å². The molecule has 0 saturated carbocycles. The van der Waals surface area contributed by atoms with E-state index in [2.05, 4.69) is 9.47 Å². The Bertz CT molecular complexity index is 912. The number of rotatable bonds is 3. The van der Waals surface area contributed by atoms with E-state index < -0.39 is 46.8 Å². The van der Waals surface area contributed by atoms with E-state index in [9.17, 15) is 35.9 Å². The van der Waals surface area contributed by atoms with Gasteiger partial charge >= 0.3 is 24.3 Å². The highest BCUT2D eigenvalue weighted by molar-refractivity contribution is 6.05. The minimum Gasteiger partial charge on any atom is -0.465 e. The highest BCUT2D eigenvalue weighted by atomic mass is 19.4. The van der Waals surface area contributed by atoms with Crippen LogP contribution in [0.3, 0.4) is 0 Å². The van der Waals surface area contributed by atoms with Gasteiger partial charge in [0, 0.05) is 11.9 Å². The summed E-state index contributed by atoms with van der Waals surface area (Å²) >= 11 is 0. The Morgan fingerprint density at radius 3 is 1.97 bits per heavy atom. The highest BCUT2D eigenvalue weighted by Crippen LogP contribution is 2.42. The van der Waals surface area contributed by atoms with Crippen LogP contribution >= 0.6 is 0 Å². The summed E-state index contributed by atoms with van der Waals surface area (Å²) in [5.74, 6) is -2.12. The summed E-state index contributed by atoms with van der Waals surface area (Å²) in [6, 6.07) is 1.22. The lowest BCUT2D eigenvalue weighted by Crippen LogP contribution is -2.27. The number of anilines is 1. The second-order valence-electron chi connectivity index (χ2n) is 5.54. The lowest BCUT2D eigenvalue weighted by molar-refractivity contribution is -0.162. The molecule has 1 aliphatic rings. The normalized spacial score (nSPS) is 14.7. The Balaban J connectivity index is 2.77. The number of alkyl halides is 6. The van der Waals surface area contributed by atoms with Gasteiger partial charge in [-0.1, -0.05) is 6.08 Å². The average Bonchev–Trinajstić information content (AvgIpc) is 2.87. The molecule has 0 aliphatic carbocycles. The Morgan fingerprint density at radius 2 is 1.45 bits per heavy atom. The lowest BCUT2D eigenvalue weighted by atomic mass is 10.0. The quantitative estimate of drug-likeness (QED) is 0.541. The van der Waals surface area contributed by atoms with Crippen LogP contribution in [0.5, 0.6) is 0 Å². The van der Waals surface area contributed by atoms with Crippen LogP contribution in [0.2, 0.25) is 0 Å². The summed E-state index contributed by atoms with van der Waals surface area (Å²) < 4.78 is 87.9. The van der Waals surface area contributed by atoms with Gasteiger partial charge in [0.25, 0.3) is 0 Å². The van der Waals surface area contributed by atoms with E-state index in [1.807, 2.05) is 0 Å². The van der Waals surface area contributed by atoms with Crippen molar-refractivity contribution in [2.75, 3.05) is 19.1 Å². The maximum atomic E-state index is 13.3. The van der Waals surface area contributed by atoms with E-state index in [0.29, 0.717) is 0 Å². The Kier molecular flexibility index (Phi) is 6.10. The molecule has 156 valence electrons. The standard InChI is InChI=1S/C18H13F6NO4/c1-28-15(26)11-5-3-4-8-25(14(11)16(27)29-2)10-6-7-12(17(19,20)21)13(9-10)18(22,23)24/h3-9H,1-2H3. The molecule has 0 aromatic heterocycles. The summed E-state index contributed by atoms with van der Waals surface area (Å²) in [4.78, 5) is 25.1. The fourth-order valence-corrected chi connectivity index (χ4v) is 2.53. The zero-order valence-corrected chi connectivity index (χ0v) is 14.9. The molecule has 0 radical (unpaired) electrons. The molecule has 1 heterocycles. The lowest BCUT2D eigenvalue weighted by Gasteiger charge is -2.25. The minimum atomic E-state index is -5.32. The van der Waals surface area contributed by atoms with Crippen molar-refractivity contribution in [2.24, 2.45) is 0 Å². The molecule has 5 nitrogen and oxygen atoms in total. The second-order valence-corrected chi connectivity index (χ2v) is 5.54. The number of esters is 2. The zero-order valence-electron chi connectivity index (χ0n) is 14.9. The smallest absolute Gasteiger partial charge is 0.417 e. The molecule has 29 heavy (non-hydrogen) atoms. The maximum absolute atomic E-state index is 13.3. The van der Waals surface area contributed by atoms with Crippen LogP contribution < -0.4 is 4.90 Å². The van der Waals surface area contributed by atoms with Crippen LogP contribution in [0.1, 0.15) is 11.1 Å². The molecule has 0 amide bonds. The number of hydrogen-bond donors (Lipinski definition) is 0. The van der Waals surface area contributed by atoms with Crippen molar-refractivity contribution >= 4 is 17.6 Å². The van der Waals surface area contributed by atoms with Gasteiger partial charge in [-0.15, -0.1) is 0 Å². The van der Waals surface area contributed by atoms with E-state index in [1.165, 1.54) is 12.2 Å². The van der Waals surface area contributed by atoms with Crippen molar-refractivity contribution in [2.45, 2.75) is 12.4 Å². The summed E-state index contributed by atoms with van der Waals surface area (Å²) in [7, 11) is 1.98. The van der Waals surface area contributed by atoms with Crippen molar-refractivity contribution in [1.29, 1.82) is 0 Å². The maximum Gasteiger partial charge on any atom is 0.417 e. The van der Waals surface area contributed by atoms with Crippen LogP contribution in [0.25, 0.3) is 0 Å². The molecule has 0 saturated heterocycles. The number of ether oxygens (including phenoxy) is 2. The SMILES string of the molecule is COC(=O)C1=C(C(=O)OC)N(c2ccc(C(F)(F)F)c(C(F)(F)F)c2)C=CC=C1. The molecule has 1 aromatic carbocycles. The summed E-state index contributed by atoms with van der Waals surface area (Å²) in [6.07, 6.45) is -5.76. The van der Waals surface area contributed by atoms with Crippen molar-refractivity contribution in [3.8, 4) is 0 Å². The van der Waals surface area contributed by atoms with Gasteiger partial charge in [0.1, 0.15) is 5.70 Å². The molecule has 0 bridgehead atoms. The third-order valence-corrected chi connectivity index (χ3v) is 3.78. The second kappa shape index (κ2) is 8.02. The highest BCUT2D eigenvalue weighted by Gasteiger charge is 2.43. The van der Waals surface area contributed by atoms with Crippen LogP contribution in [-0.2, 0) is 31.4 Å². The minimum absolute atomic E-state index is 0.232. The van der Waals surface area contributed by atoms with Crippen LogP contribution in [-0.4, -0.2) is 26.2 Å². The van der Waals surface area contributed by atoms with Gasteiger partial charge in [-0.3, -0.25) is 0 Å². The average molecular weight is 421 g/mol. The zero-order chi connectivity index (χ0) is 22.0. The molecule has 0 atom stereocenters. The third-order valence-electron chi connectivity index (χ3n) is 3.78. The van der Waals surface area contributed by atoms with Gasteiger partial charge in [-0.2, -0.15) is 26.3 Å². The molecule has 0 spiro atoms. The van der Waals surface area contributed by atoms with Crippen molar-refractivity contribution in [3.63, 3.8) is 0 Å². The monoisotopic (exact) mass is 421 g/mol. The largest absolute Gasteiger partial charge is 0.465 e. The van der Waals surface area contributed by atoms with E-state index in [0.717, 1.165) is 37.5 Å². The molecular formula is C18H13F6NO4. The molecule has 2 rings (SSSR count). The van der Waals surface area contributed by atoms with Crippen molar-refractivity contribution in [1.82, 2.24) is 0 Å². The van der Waals surface area contributed by atoms with Gasteiger partial charge < -0.3 is 14.4 Å². The van der Waals surface area contributed by atoms with Crippen LogP contribution in [0.4, 0.5) is 32.0 Å². The first-order valence-electron chi connectivity index (χ1n) is 7.75. The Hall–Kier alpha value is -3.24. The Morgan fingerprint density at radius 1 is 0.862 bits per heavy atom. The number of carbonyl (C=O) groups is 2. The molecular weight excluding hydrogens is 408 g/mol. The molecule has 0 fully saturated rings. The fourth-order valence-electron chi connectivity index (χ4n) is 2.53. The number of nitrogens with zero attached hydrogens (tertiary/aromatic N) is 1. The first kappa shape index (κ1) is 22.1. The Labute approximate surface area is 160 Å². The summed E-state index contributed by atoms with van der Waals surface area (Å²) in [6.45, 7) is 0. The van der Waals surface area contributed by atoms with Gasteiger partial charge in [-0.25, -0.2) is 9.59 Å². The van der Waals surface area contributed by atoms with Gasteiger partial charge in [-0.05, 0) is 30.4 Å². The summed E-state index contributed by atoms with van der Waals surface area (Å²) in [5, 5.41) is 0. The fraction of sp³-hybridized carbons (Fsp3) is 0.222. The first-order chi connectivity index (χ1) is 13.4. The molecule has 11 heteroatoms. The molecule has 0 N–H and O–H groups in total. The number of benzene rings is 1. The van der Waals surface area contributed by atoms with Crippen LogP contribution in [0.15, 0.2) is 53.9 Å². The van der Waals surface area contributed by atoms with E-state index in [4.69, 9.17) is 0 Å². The molecule has 1 aromatic rings. The van der Waals surface area contributed by atoms with E-state index >= 15 is 0 Å². The predicted octanol–water partition coefficient (Wildman–Crippen LogP) is 4.21. The first-order valence-corrected chi connectivity index (χ1v) is 7.75. The number of methoxy groups -OCH3 is 2. The predicted molar refractivity (Wildman–Crippen MR) is 88.3 cm³/mol. The van der Waals surface area contributed by atoms with Gasteiger partial charge in [0.15, 0.2) is 0 Å². The number of carbonyl (C=O) groups excluding carboxylic acids is 2. The number of halogens is 6. The number of allylic oxidation sites excluding steroid dienone is 2. The van der Waals surface area contributed by atoms with Gasteiger partial charge in [0.2, 0.25) is 0 Å². The van der Waals surface area contributed by atoms with E-state index in [1.54, 1.807) is 0 Å². The van der Waals surface area contributed by atoms with Crippen molar-refractivity contribution < 1.29 is 45.4 Å². The topological polar surface area (TPSA) is 55.8 Å². The van der Waals surface area contributed by atoms with E-state index in [-0.39, 0.29) is 17.7 Å². The summed E-state index contributed by atoms with van der Waals surface area (Å²) in [5.41, 5.74) is -5.18. The third kappa shape index (κ3) is 4.61. The van der Waals surface area contributed by atoms with Gasteiger partial charge in [0.05, 0.1) is 30.9 Å². The number of hydrogen-bond acceptors (Lipinski definition) is 5. The van der Waals surface area contributed by atoms with Crippen LogP contribution in [0, 0.1) is 0 Å².